The molecule has 19 heavy (non-hydrogen) atoms. The zero-order chi connectivity index (χ0) is 14.5. The molecule has 0 heterocycles. The van der Waals surface area contributed by atoms with Crippen LogP contribution in [0, 0.1) is 6.92 Å². The van der Waals surface area contributed by atoms with E-state index in [0.717, 1.165) is 11.6 Å². The average molecular weight is 283 g/mol. The molecule has 2 N–H and O–H groups in total. The lowest BCUT2D eigenvalue weighted by Gasteiger charge is -2.20. The Morgan fingerprint density at radius 1 is 1.32 bits per heavy atom. The van der Waals surface area contributed by atoms with Gasteiger partial charge < -0.3 is 10.6 Å². The van der Waals surface area contributed by atoms with Crippen LogP contribution in [0.15, 0.2) is 18.2 Å². The predicted molar refractivity (Wildman–Crippen MR) is 80.4 cm³/mol. The van der Waals surface area contributed by atoms with Crippen molar-refractivity contribution in [2.45, 2.75) is 46.2 Å². The molecular formula is C15H23ClN2O. The fraction of sp³-hybridized carbons (Fsp3) is 0.533. The van der Waals surface area contributed by atoms with Crippen molar-refractivity contribution >= 4 is 17.5 Å². The second-order valence-corrected chi connectivity index (χ2v) is 6.23. The van der Waals surface area contributed by atoms with Gasteiger partial charge in [0.05, 0.1) is 0 Å². The topological polar surface area (TPSA) is 41.1 Å². The standard InChI is InChI=1S/C15H23ClN2O/c1-11-9-13(16)6-5-12(11)10-17-8-7-14(19)18-15(2,3)4/h5-6,9,17H,7-8,10H2,1-4H3,(H,18,19). The van der Waals surface area contributed by atoms with Gasteiger partial charge in [0.2, 0.25) is 5.91 Å². The van der Waals surface area contributed by atoms with Crippen molar-refractivity contribution in [3.8, 4) is 0 Å². The summed E-state index contributed by atoms with van der Waals surface area (Å²) in [4.78, 5) is 11.6. The molecular weight excluding hydrogens is 260 g/mol. The number of rotatable bonds is 5. The van der Waals surface area contributed by atoms with Gasteiger partial charge in [0.25, 0.3) is 0 Å². The molecule has 1 aromatic rings. The van der Waals surface area contributed by atoms with Crippen LogP contribution in [0.1, 0.15) is 38.3 Å². The number of carbonyl (C=O) groups is 1. The van der Waals surface area contributed by atoms with E-state index in [1.54, 1.807) is 0 Å². The quantitative estimate of drug-likeness (QED) is 0.815. The van der Waals surface area contributed by atoms with E-state index in [0.29, 0.717) is 13.0 Å². The highest BCUT2D eigenvalue weighted by Crippen LogP contribution is 2.14. The molecule has 0 atom stereocenters. The van der Waals surface area contributed by atoms with Crippen molar-refractivity contribution in [3.05, 3.63) is 34.3 Å². The van der Waals surface area contributed by atoms with Crippen LogP contribution >= 0.6 is 11.6 Å². The number of nitrogens with one attached hydrogen (secondary N) is 2. The molecule has 0 aliphatic carbocycles. The van der Waals surface area contributed by atoms with Crippen LogP contribution in [0.5, 0.6) is 0 Å². The van der Waals surface area contributed by atoms with E-state index in [9.17, 15) is 4.79 Å². The lowest BCUT2D eigenvalue weighted by molar-refractivity contribution is -0.122. The molecule has 0 radical (unpaired) electrons. The molecule has 1 aromatic carbocycles. The van der Waals surface area contributed by atoms with Gasteiger partial charge in [-0.15, -0.1) is 0 Å². The fourth-order valence-corrected chi connectivity index (χ4v) is 1.99. The van der Waals surface area contributed by atoms with Crippen LogP contribution in [0.2, 0.25) is 5.02 Å². The van der Waals surface area contributed by atoms with Gasteiger partial charge in [0, 0.05) is 30.1 Å². The number of aryl methyl sites for hydroxylation is 1. The van der Waals surface area contributed by atoms with Crippen LogP contribution in [-0.2, 0) is 11.3 Å². The molecule has 1 amide bonds. The number of hydrogen-bond donors (Lipinski definition) is 2. The van der Waals surface area contributed by atoms with E-state index in [1.165, 1.54) is 11.1 Å². The summed E-state index contributed by atoms with van der Waals surface area (Å²) in [7, 11) is 0. The Hall–Kier alpha value is -1.06. The Balaban J connectivity index is 2.29. The molecule has 0 unspecified atom stereocenters. The van der Waals surface area contributed by atoms with Gasteiger partial charge >= 0.3 is 0 Å². The summed E-state index contributed by atoms with van der Waals surface area (Å²) in [6.07, 6.45) is 0.490. The molecule has 0 bridgehead atoms. The van der Waals surface area contributed by atoms with Crippen molar-refractivity contribution < 1.29 is 4.79 Å². The molecule has 3 nitrogen and oxygen atoms in total. The first-order chi connectivity index (χ1) is 8.78. The van der Waals surface area contributed by atoms with Gasteiger partial charge in [0.15, 0.2) is 0 Å². The summed E-state index contributed by atoms with van der Waals surface area (Å²) in [5.74, 6) is 0.0767. The third-order valence-electron chi connectivity index (χ3n) is 2.66. The maximum Gasteiger partial charge on any atom is 0.221 e. The lowest BCUT2D eigenvalue weighted by Crippen LogP contribution is -2.41. The van der Waals surface area contributed by atoms with Gasteiger partial charge in [-0.05, 0) is 51.0 Å². The molecule has 0 spiro atoms. The summed E-state index contributed by atoms with van der Waals surface area (Å²) < 4.78 is 0. The van der Waals surface area contributed by atoms with Crippen LogP contribution in [0.25, 0.3) is 0 Å². The molecule has 0 saturated heterocycles. The van der Waals surface area contributed by atoms with E-state index >= 15 is 0 Å². The van der Waals surface area contributed by atoms with Crippen LogP contribution in [0.3, 0.4) is 0 Å². The molecule has 106 valence electrons. The van der Waals surface area contributed by atoms with Gasteiger partial charge in [-0.3, -0.25) is 4.79 Å². The van der Waals surface area contributed by atoms with Crippen molar-refractivity contribution in [1.29, 1.82) is 0 Å². The Labute approximate surface area is 120 Å². The van der Waals surface area contributed by atoms with E-state index in [1.807, 2.05) is 45.9 Å². The highest BCUT2D eigenvalue weighted by molar-refractivity contribution is 6.30. The van der Waals surface area contributed by atoms with Gasteiger partial charge in [-0.2, -0.15) is 0 Å². The van der Waals surface area contributed by atoms with Crippen molar-refractivity contribution in [3.63, 3.8) is 0 Å². The highest BCUT2D eigenvalue weighted by atomic mass is 35.5. The predicted octanol–water partition coefficient (Wildman–Crippen LogP) is 3.04. The van der Waals surface area contributed by atoms with Crippen LogP contribution in [-0.4, -0.2) is 18.0 Å². The Kier molecular flexibility index (Phi) is 5.83. The third-order valence-corrected chi connectivity index (χ3v) is 2.90. The number of amides is 1. The summed E-state index contributed by atoms with van der Waals surface area (Å²) in [6, 6.07) is 5.85. The number of halogens is 1. The summed E-state index contributed by atoms with van der Waals surface area (Å²) in [5.41, 5.74) is 2.21. The van der Waals surface area contributed by atoms with E-state index < -0.39 is 0 Å². The molecule has 1 rings (SSSR count). The third kappa shape index (κ3) is 6.60. The van der Waals surface area contributed by atoms with Crippen LogP contribution < -0.4 is 10.6 Å². The first-order valence-electron chi connectivity index (χ1n) is 6.55. The van der Waals surface area contributed by atoms with Gasteiger partial charge in [-0.1, -0.05) is 17.7 Å². The second-order valence-electron chi connectivity index (χ2n) is 5.80. The number of carbonyl (C=O) groups excluding carboxylic acids is 1. The Morgan fingerprint density at radius 3 is 2.58 bits per heavy atom. The normalized spacial score (nSPS) is 11.4. The second kappa shape index (κ2) is 6.92. The van der Waals surface area contributed by atoms with Crippen molar-refractivity contribution in [1.82, 2.24) is 10.6 Å². The lowest BCUT2D eigenvalue weighted by atomic mass is 10.1. The van der Waals surface area contributed by atoms with Crippen molar-refractivity contribution in [2.75, 3.05) is 6.54 Å². The molecule has 0 fully saturated rings. The Morgan fingerprint density at radius 2 is 2.00 bits per heavy atom. The largest absolute Gasteiger partial charge is 0.351 e. The Bertz CT molecular complexity index is 438. The first-order valence-corrected chi connectivity index (χ1v) is 6.92. The van der Waals surface area contributed by atoms with Gasteiger partial charge in [-0.25, -0.2) is 0 Å². The fourth-order valence-electron chi connectivity index (χ4n) is 1.76. The highest BCUT2D eigenvalue weighted by Gasteiger charge is 2.12. The van der Waals surface area contributed by atoms with E-state index in [-0.39, 0.29) is 11.4 Å². The minimum Gasteiger partial charge on any atom is -0.351 e. The molecule has 0 aliphatic rings. The van der Waals surface area contributed by atoms with E-state index in [2.05, 4.69) is 10.6 Å². The molecule has 0 aromatic heterocycles. The maximum absolute atomic E-state index is 11.6. The average Bonchev–Trinajstić information content (AvgIpc) is 2.24. The summed E-state index contributed by atoms with van der Waals surface area (Å²) in [6.45, 7) is 9.41. The maximum atomic E-state index is 11.6. The zero-order valence-electron chi connectivity index (χ0n) is 12.1. The minimum absolute atomic E-state index is 0.0767. The molecule has 4 heteroatoms. The van der Waals surface area contributed by atoms with Crippen molar-refractivity contribution in [2.24, 2.45) is 0 Å². The van der Waals surface area contributed by atoms with E-state index in [4.69, 9.17) is 11.6 Å². The number of hydrogen-bond acceptors (Lipinski definition) is 2. The van der Waals surface area contributed by atoms with Crippen LogP contribution in [0.4, 0.5) is 0 Å². The summed E-state index contributed by atoms with van der Waals surface area (Å²) in [5, 5.41) is 6.97. The minimum atomic E-state index is -0.163. The smallest absolute Gasteiger partial charge is 0.221 e. The number of benzene rings is 1. The first kappa shape index (κ1) is 16.0. The van der Waals surface area contributed by atoms with Gasteiger partial charge in [0.1, 0.15) is 0 Å². The molecule has 0 saturated carbocycles. The monoisotopic (exact) mass is 282 g/mol. The molecule has 0 aliphatic heterocycles. The zero-order valence-corrected chi connectivity index (χ0v) is 12.9. The SMILES string of the molecule is Cc1cc(Cl)ccc1CNCCC(=O)NC(C)(C)C. The summed E-state index contributed by atoms with van der Waals surface area (Å²) >= 11 is 5.91.